The summed E-state index contributed by atoms with van der Waals surface area (Å²) in [5, 5.41) is 7.53. The molecule has 0 aliphatic carbocycles. The lowest BCUT2D eigenvalue weighted by Gasteiger charge is -1.98. The molecule has 0 aliphatic rings. The van der Waals surface area contributed by atoms with Crippen molar-refractivity contribution in [1.29, 1.82) is 0 Å². The molecule has 0 unspecified atom stereocenters. The van der Waals surface area contributed by atoms with E-state index in [2.05, 4.69) is 0 Å². The van der Waals surface area contributed by atoms with Crippen LogP contribution in [-0.2, 0) is 4.79 Å². The Morgan fingerprint density at radius 3 is 1.50 bits per heavy atom. The van der Waals surface area contributed by atoms with Gasteiger partial charge in [0.05, 0.1) is 0 Å². The normalized spacial score (nSPS) is 10.6. The van der Waals surface area contributed by atoms with Crippen molar-refractivity contribution in [2.45, 2.75) is 19.3 Å². The SMILES string of the molecule is FC(F)F.O=C(O)CC(F)(F)F. The Balaban J connectivity index is 0. The number of halogens is 6. The van der Waals surface area contributed by atoms with Gasteiger partial charge in [0.25, 0.3) is 0 Å². The zero-order chi connectivity index (χ0) is 10.4. The van der Waals surface area contributed by atoms with Crippen LogP contribution < -0.4 is 0 Å². The van der Waals surface area contributed by atoms with Gasteiger partial charge in [-0.25, -0.2) is 0 Å². The van der Waals surface area contributed by atoms with Gasteiger partial charge < -0.3 is 5.11 Å². The minimum Gasteiger partial charge on any atom is -0.481 e. The summed E-state index contributed by atoms with van der Waals surface area (Å²) in [4.78, 5) is 9.29. The maximum absolute atomic E-state index is 10.9. The van der Waals surface area contributed by atoms with Crippen LogP contribution in [0.25, 0.3) is 0 Å². The van der Waals surface area contributed by atoms with Crippen LogP contribution in [0.2, 0.25) is 0 Å². The van der Waals surface area contributed by atoms with Crippen molar-refractivity contribution in [2.75, 3.05) is 0 Å². The van der Waals surface area contributed by atoms with Crippen LogP contribution in [0.1, 0.15) is 6.42 Å². The van der Waals surface area contributed by atoms with Gasteiger partial charge in [-0.3, -0.25) is 4.79 Å². The third kappa shape index (κ3) is 35.8. The summed E-state index contributed by atoms with van der Waals surface area (Å²) in [7, 11) is 0. The summed E-state index contributed by atoms with van der Waals surface area (Å²) in [5.74, 6) is -1.85. The number of carboxylic acids is 1. The van der Waals surface area contributed by atoms with Gasteiger partial charge in [-0.05, 0) is 0 Å². The standard InChI is InChI=1S/C3H3F3O2.CHF3/c4-3(5,6)1-2(7)8;2-1(3)4/h1H2,(H,7,8);1H. The second-order valence-corrected chi connectivity index (χ2v) is 1.43. The van der Waals surface area contributed by atoms with E-state index in [0.717, 1.165) is 0 Å². The van der Waals surface area contributed by atoms with E-state index < -0.39 is 25.2 Å². The number of alkyl halides is 6. The average Bonchev–Trinajstić information content (AvgIpc) is 1.52. The van der Waals surface area contributed by atoms with E-state index in [4.69, 9.17) is 5.11 Å². The lowest BCUT2D eigenvalue weighted by molar-refractivity contribution is -0.166. The van der Waals surface area contributed by atoms with Gasteiger partial charge in [-0.15, -0.1) is 0 Å². The second-order valence-electron chi connectivity index (χ2n) is 1.43. The first kappa shape index (κ1) is 13.6. The number of rotatable bonds is 1. The Kier molecular flexibility index (Phi) is 6.44. The van der Waals surface area contributed by atoms with Crippen LogP contribution in [0, 0.1) is 0 Å². The van der Waals surface area contributed by atoms with Crippen molar-refractivity contribution < 1.29 is 36.2 Å². The van der Waals surface area contributed by atoms with Crippen molar-refractivity contribution in [3.05, 3.63) is 0 Å². The van der Waals surface area contributed by atoms with E-state index in [-0.39, 0.29) is 0 Å². The predicted molar refractivity (Wildman–Crippen MR) is 25.4 cm³/mol. The van der Waals surface area contributed by atoms with E-state index in [9.17, 15) is 31.1 Å². The maximum atomic E-state index is 10.9. The molecule has 0 aromatic carbocycles. The fraction of sp³-hybridized carbons (Fsp3) is 0.750. The number of carbonyl (C=O) groups is 1. The molecule has 0 spiro atoms. The van der Waals surface area contributed by atoms with Crippen LogP contribution in [0.4, 0.5) is 26.3 Å². The van der Waals surface area contributed by atoms with Gasteiger partial charge in [0.15, 0.2) is 0 Å². The number of carboxylic acid groups (broad SMARTS) is 1. The molecule has 1 N–H and O–H groups in total. The van der Waals surface area contributed by atoms with Gasteiger partial charge in [0.1, 0.15) is 6.42 Å². The van der Waals surface area contributed by atoms with Crippen LogP contribution in [-0.4, -0.2) is 23.9 Å². The summed E-state index contributed by atoms with van der Waals surface area (Å²) in [6, 6.07) is 0. The van der Waals surface area contributed by atoms with Gasteiger partial charge in [0.2, 0.25) is 0 Å². The summed E-state index contributed by atoms with van der Waals surface area (Å²) in [5.41, 5.74) is 0. The van der Waals surface area contributed by atoms with E-state index in [0.29, 0.717) is 0 Å². The summed E-state index contributed by atoms with van der Waals surface area (Å²) >= 11 is 0. The van der Waals surface area contributed by atoms with Crippen LogP contribution in [0.3, 0.4) is 0 Å². The number of hydrogen-bond acceptors (Lipinski definition) is 1. The quantitative estimate of drug-likeness (QED) is 0.655. The predicted octanol–water partition coefficient (Wildman–Crippen LogP) is 2.20. The second kappa shape index (κ2) is 5.67. The van der Waals surface area contributed by atoms with Gasteiger partial charge in [-0.1, -0.05) is 0 Å². The van der Waals surface area contributed by atoms with Crippen molar-refractivity contribution in [3.8, 4) is 0 Å². The smallest absolute Gasteiger partial charge is 0.399 e. The van der Waals surface area contributed by atoms with Crippen LogP contribution >= 0.6 is 0 Å². The van der Waals surface area contributed by atoms with Crippen molar-refractivity contribution in [2.24, 2.45) is 0 Å². The van der Waals surface area contributed by atoms with Gasteiger partial charge in [-0.2, -0.15) is 26.3 Å². The molecule has 0 bridgehead atoms. The van der Waals surface area contributed by atoms with Crippen LogP contribution in [0.15, 0.2) is 0 Å². The topological polar surface area (TPSA) is 37.3 Å². The molecule has 0 fully saturated rings. The van der Waals surface area contributed by atoms with E-state index >= 15 is 0 Å². The third-order valence-corrected chi connectivity index (χ3v) is 0.352. The Hall–Kier alpha value is -0.950. The Labute approximate surface area is 62.8 Å². The Bertz CT molecular complexity index is 127. The first-order chi connectivity index (χ1) is 5.15. The largest absolute Gasteiger partial charge is 0.481 e. The molecular formula is C4H4F6O2. The molecule has 0 radical (unpaired) electrons. The monoisotopic (exact) mass is 198 g/mol. The fourth-order valence-corrected chi connectivity index (χ4v) is 0.171. The lowest BCUT2D eigenvalue weighted by atomic mass is 10.4. The lowest BCUT2D eigenvalue weighted by Crippen LogP contribution is -2.13. The third-order valence-electron chi connectivity index (χ3n) is 0.352. The summed E-state index contributed by atoms with van der Waals surface area (Å²) < 4.78 is 61.8. The molecule has 0 amide bonds. The average molecular weight is 198 g/mol. The molecule has 0 saturated carbocycles. The van der Waals surface area contributed by atoms with Crippen molar-refractivity contribution in [1.82, 2.24) is 0 Å². The molecule has 0 saturated heterocycles. The van der Waals surface area contributed by atoms with Crippen LogP contribution in [0.5, 0.6) is 0 Å². The Morgan fingerprint density at radius 1 is 1.25 bits per heavy atom. The number of aliphatic carboxylic acids is 1. The highest BCUT2D eigenvalue weighted by Crippen LogP contribution is 2.18. The molecule has 74 valence electrons. The molecule has 0 aromatic rings. The highest BCUT2D eigenvalue weighted by atomic mass is 19.4. The first-order valence-corrected chi connectivity index (χ1v) is 2.36. The minimum absolute atomic E-state index is 1.76. The maximum Gasteiger partial charge on any atom is 0.399 e. The fourth-order valence-electron chi connectivity index (χ4n) is 0.171. The molecular weight excluding hydrogens is 194 g/mol. The van der Waals surface area contributed by atoms with Crippen molar-refractivity contribution in [3.63, 3.8) is 0 Å². The van der Waals surface area contributed by atoms with E-state index in [1.54, 1.807) is 0 Å². The zero-order valence-corrected chi connectivity index (χ0v) is 5.41. The summed E-state index contributed by atoms with van der Waals surface area (Å²) in [6.45, 7) is -3.67. The highest BCUT2D eigenvalue weighted by molar-refractivity contribution is 5.67. The highest BCUT2D eigenvalue weighted by Gasteiger charge is 2.30. The van der Waals surface area contributed by atoms with E-state index in [1.165, 1.54) is 0 Å². The zero-order valence-electron chi connectivity index (χ0n) is 5.41. The molecule has 0 heterocycles. The van der Waals surface area contributed by atoms with Gasteiger partial charge >= 0.3 is 18.8 Å². The minimum atomic E-state index is -4.58. The summed E-state index contributed by atoms with van der Waals surface area (Å²) in [6.07, 6.45) is -6.33. The molecule has 0 atom stereocenters. The molecule has 8 heteroatoms. The van der Waals surface area contributed by atoms with E-state index in [1.807, 2.05) is 0 Å². The molecule has 12 heavy (non-hydrogen) atoms. The molecule has 0 rings (SSSR count). The Morgan fingerprint density at radius 2 is 1.50 bits per heavy atom. The van der Waals surface area contributed by atoms with Crippen molar-refractivity contribution >= 4 is 5.97 Å². The number of hydrogen-bond donors (Lipinski definition) is 1. The molecule has 0 aromatic heterocycles. The van der Waals surface area contributed by atoms with Gasteiger partial charge in [0, 0.05) is 0 Å². The first-order valence-electron chi connectivity index (χ1n) is 2.36. The molecule has 0 aliphatic heterocycles. The molecule has 2 nitrogen and oxygen atoms in total.